The first-order valence-electron chi connectivity index (χ1n) is 7.15. The zero-order valence-corrected chi connectivity index (χ0v) is 11.5. The molecule has 2 aliphatic carbocycles. The Bertz CT molecular complexity index is 526. The summed E-state index contributed by atoms with van der Waals surface area (Å²) in [4.78, 5) is 12.2. The van der Waals surface area contributed by atoms with Gasteiger partial charge in [-0.3, -0.25) is 9.48 Å². The van der Waals surface area contributed by atoms with Gasteiger partial charge in [-0.1, -0.05) is 0 Å². The predicted octanol–water partition coefficient (Wildman–Crippen LogP) is 1.83. The molecule has 6 heteroatoms. The van der Waals surface area contributed by atoms with Gasteiger partial charge in [0.25, 0.3) is 5.92 Å². The summed E-state index contributed by atoms with van der Waals surface area (Å²) >= 11 is 0. The highest BCUT2D eigenvalue weighted by Gasteiger charge is 2.45. The highest BCUT2D eigenvalue weighted by atomic mass is 19.3. The van der Waals surface area contributed by atoms with Gasteiger partial charge in [-0.15, -0.1) is 0 Å². The van der Waals surface area contributed by atoms with Gasteiger partial charge in [-0.2, -0.15) is 5.10 Å². The van der Waals surface area contributed by atoms with E-state index in [9.17, 15) is 13.6 Å². The highest BCUT2D eigenvalue weighted by Crippen LogP contribution is 2.35. The molecule has 1 amide bonds. The molecule has 1 N–H and O–H groups in total. The Morgan fingerprint density at radius 2 is 2.30 bits per heavy atom. The minimum absolute atomic E-state index is 0.117. The van der Waals surface area contributed by atoms with Crippen LogP contribution in [0.25, 0.3) is 0 Å². The molecule has 0 saturated heterocycles. The lowest BCUT2D eigenvalue weighted by Crippen LogP contribution is -2.47. The first-order chi connectivity index (χ1) is 9.47. The quantitative estimate of drug-likeness (QED) is 0.900. The summed E-state index contributed by atoms with van der Waals surface area (Å²) < 4.78 is 28.9. The summed E-state index contributed by atoms with van der Waals surface area (Å²) in [7, 11) is 1.85. The minimum atomic E-state index is -2.75. The SMILES string of the molecule is Cn1ncc2c1CC(C(=O)NC1CCCC1(F)F)CC2. The molecule has 1 heterocycles. The van der Waals surface area contributed by atoms with E-state index in [1.165, 1.54) is 5.56 Å². The second-order valence-electron chi connectivity index (χ2n) is 5.89. The second-order valence-corrected chi connectivity index (χ2v) is 5.89. The van der Waals surface area contributed by atoms with Crippen molar-refractivity contribution in [3.63, 3.8) is 0 Å². The van der Waals surface area contributed by atoms with Crippen LogP contribution in [0.15, 0.2) is 6.20 Å². The number of amides is 1. The number of hydrogen-bond donors (Lipinski definition) is 1. The zero-order chi connectivity index (χ0) is 14.3. The number of halogens is 2. The standard InChI is InChI=1S/C14H19F2N3O/c1-19-11-7-9(4-5-10(11)8-17-19)13(20)18-12-3-2-6-14(12,15)16/h8-9,12H,2-7H2,1H3,(H,18,20). The van der Waals surface area contributed by atoms with Crippen molar-refractivity contribution in [2.24, 2.45) is 13.0 Å². The van der Waals surface area contributed by atoms with E-state index in [4.69, 9.17) is 0 Å². The third kappa shape index (κ3) is 2.31. The van der Waals surface area contributed by atoms with Gasteiger partial charge in [-0.25, -0.2) is 8.78 Å². The van der Waals surface area contributed by atoms with Gasteiger partial charge < -0.3 is 5.32 Å². The Balaban J connectivity index is 1.66. The molecule has 0 spiro atoms. The summed E-state index contributed by atoms with van der Waals surface area (Å²) in [5.41, 5.74) is 2.22. The summed E-state index contributed by atoms with van der Waals surface area (Å²) in [5, 5.41) is 6.75. The number of carbonyl (C=O) groups is 1. The van der Waals surface area contributed by atoms with Crippen molar-refractivity contribution in [1.82, 2.24) is 15.1 Å². The van der Waals surface area contributed by atoms with Crippen molar-refractivity contribution >= 4 is 5.91 Å². The number of nitrogens with zero attached hydrogens (tertiary/aromatic N) is 2. The van der Waals surface area contributed by atoms with Gasteiger partial charge in [0.2, 0.25) is 5.91 Å². The first-order valence-corrected chi connectivity index (χ1v) is 7.15. The van der Waals surface area contributed by atoms with Crippen LogP contribution in [0.5, 0.6) is 0 Å². The lowest BCUT2D eigenvalue weighted by atomic mass is 9.87. The van der Waals surface area contributed by atoms with E-state index in [0.29, 0.717) is 25.7 Å². The third-order valence-electron chi connectivity index (χ3n) is 4.55. The summed E-state index contributed by atoms with van der Waals surface area (Å²) in [6.07, 6.45) is 4.67. The number of fused-ring (bicyclic) bond motifs is 1. The molecule has 1 saturated carbocycles. The van der Waals surface area contributed by atoms with E-state index < -0.39 is 12.0 Å². The molecule has 1 aromatic heterocycles. The van der Waals surface area contributed by atoms with Crippen LogP contribution in [0.1, 0.15) is 36.9 Å². The van der Waals surface area contributed by atoms with Crippen molar-refractivity contribution in [1.29, 1.82) is 0 Å². The molecule has 20 heavy (non-hydrogen) atoms. The molecule has 0 aromatic carbocycles. The fourth-order valence-corrected chi connectivity index (χ4v) is 3.26. The first kappa shape index (κ1) is 13.5. The molecule has 110 valence electrons. The van der Waals surface area contributed by atoms with Gasteiger partial charge >= 0.3 is 0 Å². The number of alkyl halides is 2. The number of aryl methyl sites for hydroxylation is 2. The number of hydrogen-bond acceptors (Lipinski definition) is 2. The van der Waals surface area contributed by atoms with Gasteiger partial charge in [-0.05, 0) is 31.2 Å². The Morgan fingerprint density at radius 3 is 3.00 bits per heavy atom. The Morgan fingerprint density at radius 1 is 1.50 bits per heavy atom. The number of aromatic nitrogens is 2. The van der Waals surface area contributed by atoms with E-state index in [-0.39, 0.29) is 18.2 Å². The molecular formula is C14H19F2N3O. The monoisotopic (exact) mass is 283 g/mol. The second kappa shape index (κ2) is 4.82. The number of nitrogens with one attached hydrogen (secondary N) is 1. The molecule has 1 fully saturated rings. The van der Waals surface area contributed by atoms with E-state index >= 15 is 0 Å². The molecule has 2 aliphatic rings. The smallest absolute Gasteiger partial charge is 0.267 e. The van der Waals surface area contributed by atoms with Crippen molar-refractivity contribution in [2.45, 2.75) is 50.5 Å². The maximum Gasteiger partial charge on any atom is 0.267 e. The molecule has 0 radical (unpaired) electrons. The average molecular weight is 283 g/mol. The predicted molar refractivity (Wildman–Crippen MR) is 69.5 cm³/mol. The summed E-state index contributed by atoms with van der Waals surface area (Å²) in [6.45, 7) is 0. The van der Waals surface area contributed by atoms with Crippen LogP contribution in [-0.2, 0) is 24.7 Å². The molecule has 0 aliphatic heterocycles. The van der Waals surface area contributed by atoms with Crippen LogP contribution in [0.2, 0.25) is 0 Å². The molecule has 2 unspecified atom stereocenters. The van der Waals surface area contributed by atoms with Gasteiger partial charge in [0.05, 0.1) is 12.2 Å². The largest absolute Gasteiger partial charge is 0.347 e. The van der Waals surface area contributed by atoms with Crippen LogP contribution >= 0.6 is 0 Å². The molecule has 2 atom stereocenters. The van der Waals surface area contributed by atoms with Crippen LogP contribution < -0.4 is 5.32 Å². The number of carbonyl (C=O) groups excluding carboxylic acids is 1. The van der Waals surface area contributed by atoms with Crippen LogP contribution in [-0.4, -0.2) is 27.7 Å². The Hall–Kier alpha value is -1.46. The number of rotatable bonds is 2. The maximum absolute atomic E-state index is 13.6. The summed E-state index contributed by atoms with van der Waals surface area (Å²) in [5.74, 6) is -3.19. The molecular weight excluding hydrogens is 264 g/mol. The maximum atomic E-state index is 13.6. The van der Waals surface area contributed by atoms with E-state index in [1.807, 2.05) is 13.2 Å². The lowest BCUT2D eigenvalue weighted by molar-refractivity contribution is -0.129. The average Bonchev–Trinajstić information content (AvgIpc) is 2.93. The van der Waals surface area contributed by atoms with Gasteiger partial charge in [0, 0.05) is 31.5 Å². The fraction of sp³-hybridized carbons (Fsp3) is 0.714. The highest BCUT2D eigenvalue weighted by molar-refractivity contribution is 5.79. The fourth-order valence-electron chi connectivity index (χ4n) is 3.26. The van der Waals surface area contributed by atoms with Crippen LogP contribution in [0.4, 0.5) is 8.78 Å². The zero-order valence-electron chi connectivity index (χ0n) is 11.5. The van der Waals surface area contributed by atoms with Crippen molar-refractivity contribution in [3.05, 3.63) is 17.5 Å². The van der Waals surface area contributed by atoms with Crippen molar-refractivity contribution < 1.29 is 13.6 Å². The van der Waals surface area contributed by atoms with E-state index in [1.54, 1.807) is 4.68 Å². The Kier molecular flexibility index (Phi) is 3.26. The molecule has 4 nitrogen and oxygen atoms in total. The Labute approximate surface area is 116 Å². The van der Waals surface area contributed by atoms with E-state index in [0.717, 1.165) is 12.1 Å². The van der Waals surface area contributed by atoms with E-state index in [2.05, 4.69) is 10.4 Å². The minimum Gasteiger partial charge on any atom is -0.347 e. The van der Waals surface area contributed by atoms with Crippen molar-refractivity contribution in [2.75, 3.05) is 0 Å². The van der Waals surface area contributed by atoms with Gasteiger partial charge in [0.1, 0.15) is 0 Å². The molecule has 0 bridgehead atoms. The lowest BCUT2D eigenvalue weighted by Gasteiger charge is -2.26. The topological polar surface area (TPSA) is 46.9 Å². The van der Waals surface area contributed by atoms with Crippen LogP contribution in [0, 0.1) is 5.92 Å². The normalized spacial score (nSPS) is 28.1. The molecule has 1 aromatic rings. The van der Waals surface area contributed by atoms with Gasteiger partial charge in [0.15, 0.2) is 0 Å². The molecule has 3 rings (SSSR count). The summed E-state index contributed by atoms with van der Waals surface area (Å²) in [6, 6.07) is -0.983. The van der Waals surface area contributed by atoms with Crippen molar-refractivity contribution in [3.8, 4) is 0 Å². The van der Waals surface area contributed by atoms with Crippen LogP contribution in [0.3, 0.4) is 0 Å². The third-order valence-corrected chi connectivity index (χ3v) is 4.55.